The van der Waals surface area contributed by atoms with Gasteiger partial charge in [-0.2, -0.15) is 0 Å². The molecule has 7 nitrogen and oxygen atoms in total. The van der Waals surface area contributed by atoms with Crippen molar-refractivity contribution in [2.24, 2.45) is 0 Å². The molecule has 4 aliphatic rings. The van der Waals surface area contributed by atoms with E-state index in [0.717, 1.165) is 41.3 Å². The Bertz CT molecular complexity index is 988. The molecule has 150 valence electrons. The number of rotatable bonds is 2. The van der Waals surface area contributed by atoms with E-state index in [-0.39, 0.29) is 12.0 Å². The van der Waals surface area contributed by atoms with Crippen LogP contribution in [-0.2, 0) is 14.9 Å². The quantitative estimate of drug-likeness (QED) is 0.806. The van der Waals surface area contributed by atoms with Gasteiger partial charge < -0.3 is 29.7 Å². The summed E-state index contributed by atoms with van der Waals surface area (Å²) in [6, 6.07) is 12.1. The molecule has 0 bridgehead atoms. The highest BCUT2D eigenvalue weighted by molar-refractivity contribution is 6.12. The Balaban J connectivity index is 1.45. The largest absolute Gasteiger partial charge is 0.486 e. The maximum atomic E-state index is 13.9. The Labute approximate surface area is 168 Å². The van der Waals surface area contributed by atoms with Crippen LogP contribution in [0.15, 0.2) is 36.4 Å². The second kappa shape index (κ2) is 6.37. The highest BCUT2D eigenvalue weighted by Gasteiger charge is 2.56. The molecule has 0 aromatic heterocycles. The summed E-state index contributed by atoms with van der Waals surface area (Å²) >= 11 is 0. The molecule has 1 amide bonds. The fourth-order valence-electron chi connectivity index (χ4n) is 4.99. The summed E-state index contributed by atoms with van der Waals surface area (Å²) < 4.78 is 17.4. The van der Waals surface area contributed by atoms with Crippen LogP contribution in [0, 0.1) is 0 Å². The van der Waals surface area contributed by atoms with Gasteiger partial charge in [-0.05, 0) is 17.7 Å². The van der Waals surface area contributed by atoms with Gasteiger partial charge in [0.25, 0.3) is 0 Å². The molecular weight excluding hydrogens is 370 g/mol. The van der Waals surface area contributed by atoms with E-state index in [0.29, 0.717) is 38.7 Å². The first-order valence-electron chi connectivity index (χ1n) is 10.2. The lowest BCUT2D eigenvalue weighted by Gasteiger charge is -2.30. The van der Waals surface area contributed by atoms with Crippen LogP contribution < -0.4 is 25.0 Å². The van der Waals surface area contributed by atoms with Crippen molar-refractivity contribution in [2.75, 3.05) is 56.2 Å². The van der Waals surface area contributed by atoms with Gasteiger partial charge in [-0.25, -0.2) is 0 Å². The van der Waals surface area contributed by atoms with Gasteiger partial charge in [0.2, 0.25) is 5.91 Å². The van der Waals surface area contributed by atoms with Gasteiger partial charge in [0.05, 0.1) is 19.3 Å². The first kappa shape index (κ1) is 17.1. The van der Waals surface area contributed by atoms with Crippen LogP contribution in [0.2, 0.25) is 0 Å². The Morgan fingerprint density at radius 1 is 1.07 bits per heavy atom. The molecule has 29 heavy (non-hydrogen) atoms. The van der Waals surface area contributed by atoms with Crippen molar-refractivity contribution < 1.29 is 19.0 Å². The Kier molecular flexibility index (Phi) is 3.76. The standard InChI is InChI=1S/C22H23N3O4/c26-21-22(13-24-17-10-20-19(9-16(17)22)28-7-8-29-20)15-3-1-2-4-18(15)25(21)12-14-11-23-5-6-27-14/h1-4,9-10,14,23-24H,5-8,11-13H2. The predicted octanol–water partition coefficient (Wildman–Crippen LogP) is 1.50. The van der Waals surface area contributed by atoms with E-state index in [4.69, 9.17) is 14.2 Å². The summed E-state index contributed by atoms with van der Waals surface area (Å²) in [5, 5.41) is 6.80. The molecule has 2 unspecified atom stereocenters. The molecule has 2 aromatic rings. The van der Waals surface area contributed by atoms with Crippen molar-refractivity contribution >= 4 is 17.3 Å². The second-order valence-electron chi connectivity index (χ2n) is 7.93. The average molecular weight is 393 g/mol. The van der Waals surface area contributed by atoms with Crippen LogP contribution in [-0.4, -0.2) is 58.0 Å². The molecule has 2 N–H and O–H groups in total. The highest BCUT2D eigenvalue weighted by Crippen LogP contribution is 2.53. The smallest absolute Gasteiger partial charge is 0.244 e. The number of anilines is 2. The highest BCUT2D eigenvalue weighted by atomic mass is 16.6. The predicted molar refractivity (Wildman–Crippen MR) is 108 cm³/mol. The van der Waals surface area contributed by atoms with E-state index in [1.54, 1.807) is 0 Å². The lowest BCUT2D eigenvalue weighted by Crippen LogP contribution is -2.49. The fraction of sp³-hybridized carbons (Fsp3) is 0.409. The summed E-state index contributed by atoms with van der Waals surface area (Å²) in [6.07, 6.45) is -0.00925. The minimum absolute atomic E-state index is 0.00925. The van der Waals surface area contributed by atoms with Crippen LogP contribution in [0.4, 0.5) is 11.4 Å². The third-order valence-corrected chi connectivity index (χ3v) is 6.34. The molecule has 1 saturated heterocycles. The third kappa shape index (κ3) is 2.41. The third-order valence-electron chi connectivity index (χ3n) is 6.34. The number of carbonyl (C=O) groups is 1. The number of hydrogen-bond donors (Lipinski definition) is 2. The number of nitrogens with one attached hydrogen (secondary N) is 2. The molecule has 0 radical (unpaired) electrons. The summed E-state index contributed by atoms with van der Waals surface area (Å²) in [5.74, 6) is 1.54. The molecule has 0 aliphatic carbocycles. The number of para-hydroxylation sites is 1. The SMILES string of the molecule is O=C1N(CC2CNCCO2)c2ccccc2C12CNc1cc3c(cc12)OCCO3. The number of hydrogen-bond acceptors (Lipinski definition) is 6. The lowest BCUT2D eigenvalue weighted by atomic mass is 9.77. The van der Waals surface area contributed by atoms with E-state index in [1.165, 1.54) is 0 Å². The van der Waals surface area contributed by atoms with Crippen molar-refractivity contribution in [3.8, 4) is 11.5 Å². The summed E-state index contributed by atoms with van der Waals surface area (Å²) in [7, 11) is 0. The molecule has 1 spiro atoms. The topological polar surface area (TPSA) is 72.1 Å². The molecular formula is C22H23N3O4. The number of morpholine rings is 1. The maximum Gasteiger partial charge on any atom is 0.244 e. The van der Waals surface area contributed by atoms with Crippen LogP contribution in [0.25, 0.3) is 0 Å². The number of fused-ring (bicyclic) bond motifs is 5. The van der Waals surface area contributed by atoms with E-state index in [1.807, 2.05) is 35.2 Å². The summed E-state index contributed by atoms with van der Waals surface area (Å²) in [6.45, 7) is 4.43. The second-order valence-corrected chi connectivity index (χ2v) is 7.93. The first-order valence-corrected chi connectivity index (χ1v) is 10.2. The van der Waals surface area contributed by atoms with E-state index >= 15 is 0 Å². The number of nitrogens with zero attached hydrogens (tertiary/aromatic N) is 1. The zero-order chi connectivity index (χ0) is 19.4. The minimum Gasteiger partial charge on any atom is -0.486 e. The zero-order valence-corrected chi connectivity index (χ0v) is 16.1. The van der Waals surface area contributed by atoms with Gasteiger partial charge >= 0.3 is 0 Å². The van der Waals surface area contributed by atoms with Crippen LogP contribution in [0.5, 0.6) is 11.5 Å². The Morgan fingerprint density at radius 3 is 2.72 bits per heavy atom. The van der Waals surface area contributed by atoms with Crippen molar-refractivity contribution in [2.45, 2.75) is 11.5 Å². The first-order chi connectivity index (χ1) is 14.3. The molecule has 4 heterocycles. The Hall–Kier alpha value is -2.77. The van der Waals surface area contributed by atoms with E-state index < -0.39 is 5.41 Å². The monoisotopic (exact) mass is 393 g/mol. The molecule has 2 aromatic carbocycles. The van der Waals surface area contributed by atoms with Gasteiger partial charge in [-0.15, -0.1) is 0 Å². The van der Waals surface area contributed by atoms with Crippen molar-refractivity contribution in [3.63, 3.8) is 0 Å². The lowest BCUT2D eigenvalue weighted by molar-refractivity contribution is -0.121. The van der Waals surface area contributed by atoms with Gasteiger partial charge in [0, 0.05) is 42.6 Å². The van der Waals surface area contributed by atoms with Gasteiger partial charge in [0.15, 0.2) is 11.5 Å². The molecule has 7 heteroatoms. The van der Waals surface area contributed by atoms with E-state index in [2.05, 4.69) is 16.7 Å². The number of carbonyl (C=O) groups excluding carboxylic acids is 1. The molecule has 2 atom stereocenters. The average Bonchev–Trinajstić information content (AvgIpc) is 3.25. The van der Waals surface area contributed by atoms with Gasteiger partial charge in [-0.3, -0.25) is 4.79 Å². The molecule has 4 aliphatic heterocycles. The fourth-order valence-corrected chi connectivity index (χ4v) is 4.99. The molecule has 6 rings (SSSR count). The van der Waals surface area contributed by atoms with Crippen LogP contribution in [0.3, 0.4) is 0 Å². The van der Waals surface area contributed by atoms with Gasteiger partial charge in [-0.1, -0.05) is 18.2 Å². The minimum atomic E-state index is -0.746. The molecule has 0 saturated carbocycles. The number of amides is 1. The van der Waals surface area contributed by atoms with Crippen LogP contribution in [0.1, 0.15) is 11.1 Å². The summed E-state index contributed by atoms with van der Waals surface area (Å²) in [5.41, 5.74) is 3.16. The number of ether oxygens (including phenoxy) is 3. The van der Waals surface area contributed by atoms with Crippen molar-refractivity contribution in [1.82, 2.24) is 5.32 Å². The molecule has 1 fully saturated rings. The number of benzene rings is 2. The van der Waals surface area contributed by atoms with Crippen molar-refractivity contribution in [3.05, 3.63) is 47.5 Å². The van der Waals surface area contributed by atoms with Crippen molar-refractivity contribution in [1.29, 1.82) is 0 Å². The van der Waals surface area contributed by atoms with Crippen LogP contribution >= 0.6 is 0 Å². The van der Waals surface area contributed by atoms with Gasteiger partial charge in [0.1, 0.15) is 18.6 Å². The Morgan fingerprint density at radius 2 is 1.90 bits per heavy atom. The normalized spacial score (nSPS) is 27.0. The summed E-state index contributed by atoms with van der Waals surface area (Å²) in [4.78, 5) is 15.8. The van der Waals surface area contributed by atoms with E-state index in [9.17, 15) is 4.79 Å². The maximum absolute atomic E-state index is 13.9. The zero-order valence-electron chi connectivity index (χ0n) is 16.1.